The zero-order chi connectivity index (χ0) is 22.5. The monoisotopic (exact) mass is 448 g/mol. The number of carbonyl (C=O) groups is 2. The number of aryl methyl sites for hydroxylation is 2. The number of hydrogen-bond acceptors (Lipinski definition) is 5. The second-order valence-corrected chi connectivity index (χ2v) is 9.09. The Morgan fingerprint density at radius 1 is 1.00 bits per heavy atom. The van der Waals surface area contributed by atoms with Crippen LogP contribution < -0.4 is 5.32 Å². The fraction of sp³-hybridized carbons (Fsp3) is 0.320. The summed E-state index contributed by atoms with van der Waals surface area (Å²) in [5.74, 6) is 0.0393. The van der Waals surface area contributed by atoms with Gasteiger partial charge in [-0.15, -0.1) is 11.3 Å². The smallest absolute Gasteiger partial charge is 0.246 e. The van der Waals surface area contributed by atoms with Gasteiger partial charge in [0.1, 0.15) is 11.0 Å². The highest BCUT2D eigenvalue weighted by Crippen LogP contribution is 2.25. The summed E-state index contributed by atoms with van der Waals surface area (Å²) in [5, 5.41) is 5.89. The Kier molecular flexibility index (Phi) is 6.97. The lowest BCUT2D eigenvalue weighted by Gasteiger charge is -2.38. The van der Waals surface area contributed by atoms with Crippen molar-refractivity contribution in [2.75, 3.05) is 31.5 Å². The largest absolute Gasteiger partial charge is 0.340 e. The van der Waals surface area contributed by atoms with Gasteiger partial charge in [0.2, 0.25) is 11.8 Å². The molecule has 1 fully saturated rings. The molecule has 1 aliphatic heterocycles. The molecule has 0 saturated carbocycles. The van der Waals surface area contributed by atoms with E-state index in [1.165, 1.54) is 11.3 Å². The van der Waals surface area contributed by atoms with E-state index in [0.29, 0.717) is 32.6 Å². The predicted octanol–water partition coefficient (Wildman–Crippen LogP) is 3.83. The number of hydrogen-bond donors (Lipinski definition) is 1. The van der Waals surface area contributed by atoms with E-state index >= 15 is 0 Å². The molecular weight excluding hydrogens is 420 g/mol. The summed E-state index contributed by atoms with van der Waals surface area (Å²) >= 11 is 1.53. The van der Waals surface area contributed by atoms with Gasteiger partial charge >= 0.3 is 0 Å². The molecule has 2 aromatic carbocycles. The van der Waals surface area contributed by atoms with E-state index in [2.05, 4.69) is 15.2 Å². The number of rotatable bonds is 6. The number of nitrogens with one attached hydrogen (secondary N) is 1. The molecule has 1 aliphatic rings. The van der Waals surface area contributed by atoms with Gasteiger partial charge in [-0.25, -0.2) is 4.98 Å². The van der Waals surface area contributed by atoms with E-state index in [1.54, 1.807) is 0 Å². The summed E-state index contributed by atoms with van der Waals surface area (Å²) in [6.45, 7) is 6.45. The third-order valence-corrected chi connectivity index (χ3v) is 6.65. The molecule has 0 spiro atoms. The Labute approximate surface area is 192 Å². The van der Waals surface area contributed by atoms with Crippen molar-refractivity contribution in [1.29, 1.82) is 0 Å². The molecule has 2 heterocycles. The molecule has 6 nitrogen and oxygen atoms in total. The fourth-order valence-electron chi connectivity index (χ4n) is 3.97. The molecule has 166 valence electrons. The van der Waals surface area contributed by atoms with Gasteiger partial charge in [0.25, 0.3) is 0 Å². The van der Waals surface area contributed by atoms with Crippen molar-refractivity contribution in [1.82, 2.24) is 14.8 Å². The van der Waals surface area contributed by atoms with E-state index < -0.39 is 6.04 Å². The van der Waals surface area contributed by atoms with Crippen LogP contribution in [0, 0.1) is 13.8 Å². The number of amides is 2. The number of aromatic nitrogens is 1. The van der Waals surface area contributed by atoms with Gasteiger partial charge in [0.05, 0.1) is 6.42 Å². The van der Waals surface area contributed by atoms with Crippen LogP contribution in [0.25, 0.3) is 0 Å². The maximum absolute atomic E-state index is 13.3. The van der Waals surface area contributed by atoms with Crippen molar-refractivity contribution >= 4 is 28.8 Å². The molecule has 7 heteroatoms. The Morgan fingerprint density at radius 3 is 2.31 bits per heavy atom. The minimum Gasteiger partial charge on any atom is -0.340 e. The van der Waals surface area contributed by atoms with Crippen molar-refractivity contribution in [2.24, 2.45) is 0 Å². The van der Waals surface area contributed by atoms with Crippen LogP contribution in [0.2, 0.25) is 0 Å². The van der Waals surface area contributed by atoms with Crippen LogP contribution in [-0.2, 0) is 16.0 Å². The van der Waals surface area contributed by atoms with Crippen LogP contribution in [0.1, 0.15) is 27.9 Å². The maximum atomic E-state index is 13.3. The van der Waals surface area contributed by atoms with Crippen molar-refractivity contribution in [3.05, 3.63) is 81.8 Å². The number of anilines is 1. The topological polar surface area (TPSA) is 65.5 Å². The van der Waals surface area contributed by atoms with Gasteiger partial charge in [0.15, 0.2) is 0 Å². The third kappa shape index (κ3) is 5.41. The van der Waals surface area contributed by atoms with Gasteiger partial charge in [-0.05, 0) is 31.5 Å². The van der Waals surface area contributed by atoms with Crippen LogP contribution in [-0.4, -0.2) is 52.8 Å². The lowest BCUT2D eigenvalue weighted by molar-refractivity contribution is -0.133. The third-order valence-electron chi connectivity index (χ3n) is 5.68. The average molecular weight is 449 g/mol. The summed E-state index contributed by atoms with van der Waals surface area (Å²) in [4.78, 5) is 34.5. The minimum absolute atomic E-state index is 0.0573. The zero-order valence-electron chi connectivity index (χ0n) is 18.5. The minimum atomic E-state index is -0.406. The van der Waals surface area contributed by atoms with Crippen molar-refractivity contribution in [3.8, 4) is 0 Å². The summed E-state index contributed by atoms with van der Waals surface area (Å²) in [6, 6.07) is 17.3. The SMILES string of the molecule is Cc1ccc(NC(=O)C(c2ccccc2)N2CCN(C(=O)Cc3nc(C)cs3)CC2)cc1. The summed E-state index contributed by atoms with van der Waals surface area (Å²) in [6.07, 6.45) is 0.342. The van der Waals surface area contributed by atoms with E-state index in [-0.39, 0.29) is 11.8 Å². The fourth-order valence-corrected chi connectivity index (χ4v) is 4.73. The number of piperazine rings is 1. The predicted molar refractivity (Wildman–Crippen MR) is 128 cm³/mol. The first-order valence-electron chi connectivity index (χ1n) is 10.8. The van der Waals surface area contributed by atoms with Crippen LogP contribution >= 0.6 is 11.3 Å². The van der Waals surface area contributed by atoms with Crippen molar-refractivity contribution < 1.29 is 9.59 Å². The molecule has 1 aromatic heterocycles. The van der Waals surface area contributed by atoms with Crippen LogP contribution in [0.3, 0.4) is 0 Å². The summed E-state index contributed by atoms with van der Waals surface area (Å²) in [5.41, 5.74) is 3.84. The van der Waals surface area contributed by atoms with Gasteiger partial charge in [-0.2, -0.15) is 0 Å². The second-order valence-electron chi connectivity index (χ2n) is 8.14. The lowest BCUT2D eigenvalue weighted by Crippen LogP contribution is -2.52. The van der Waals surface area contributed by atoms with Crippen molar-refractivity contribution in [3.63, 3.8) is 0 Å². The summed E-state index contributed by atoms with van der Waals surface area (Å²) in [7, 11) is 0. The van der Waals surface area contributed by atoms with Crippen LogP contribution in [0.15, 0.2) is 60.0 Å². The summed E-state index contributed by atoms with van der Waals surface area (Å²) < 4.78 is 0. The molecule has 1 atom stereocenters. The number of carbonyl (C=O) groups excluding carboxylic acids is 2. The Morgan fingerprint density at radius 2 is 1.69 bits per heavy atom. The number of benzene rings is 2. The molecule has 4 rings (SSSR count). The lowest BCUT2D eigenvalue weighted by atomic mass is 10.0. The van der Waals surface area contributed by atoms with Gasteiger partial charge in [0, 0.05) is 42.9 Å². The molecule has 0 radical (unpaired) electrons. The van der Waals surface area contributed by atoms with E-state index in [9.17, 15) is 9.59 Å². The first-order valence-corrected chi connectivity index (χ1v) is 11.7. The second kappa shape index (κ2) is 10.1. The van der Waals surface area contributed by atoms with Crippen molar-refractivity contribution in [2.45, 2.75) is 26.3 Å². The Bertz CT molecular complexity index is 1060. The molecule has 3 aromatic rings. The normalized spacial score (nSPS) is 15.4. The van der Waals surface area contributed by atoms with E-state index in [0.717, 1.165) is 27.5 Å². The first kappa shape index (κ1) is 22.2. The highest BCUT2D eigenvalue weighted by molar-refractivity contribution is 7.09. The maximum Gasteiger partial charge on any atom is 0.246 e. The Hall–Kier alpha value is -3.03. The first-order chi connectivity index (χ1) is 15.5. The molecular formula is C25H28N4O2S. The van der Waals surface area contributed by atoms with Gasteiger partial charge < -0.3 is 10.2 Å². The van der Waals surface area contributed by atoms with Crippen LogP contribution in [0.4, 0.5) is 5.69 Å². The number of thiazole rings is 1. The quantitative estimate of drug-likeness (QED) is 0.623. The number of nitrogens with zero attached hydrogens (tertiary/aromatic N) is 3. The molecule has 2 amide bonds. The molecule has 1 unspecified atom stereocenters. The Balaban J connectivity index is 1.43. The highest BCUT2D eigenvalue weighted by atomic mass is 32.1. The van der Waals surface area contributed by atoms with E-state index in [1.807, 2.05) is 78.7 Å². The van der Waals surface area contributed by atoms with Gasteiger partial charge in [-0.3, -0.25) is 14.5 Å². The average Bonchev–Trinajstić information content (AvgIpc) is 3.21. The molecule has 1 saturated heterocycles. The van der Waals surface area contributed by atoms with Crippen LogP contribution in [0.5, 0.6) is 0 Å². The van der Waals surface area contributed by atoms with E-state index in [4.69, 9.17) is 0 Å². The highest BCUT2D eigenvalue weighted by Gasteiger charge is 2.31. The molecule has 0 aliphatic carbocycles. The molecule has 32 heavy (non-hydrogen) atoms. The zero-order valence-corrected chi connectivity index (χ0v) is 19.3. The molecule has 0 bridgehead atoms. The standard InChI is InChI=1S/C25H28N4O2S/c1-18-8-10-21(11-9-18)27-25(31)24(20-6-4-3-5-7-20)29-14-12-28(13-15-29)23(30)16-22-26-19(2)17-32-22/h3-11,17,24H,12-16H2,1-2H3,(H,27,31). The molecule has 1 N–H and O–H groups in total. The van der Waals surface area contributed by atoms with Gasteiger partial charge in [-0.1, -0.05) is 48.0 Å².